The molecule has 3 rings (SSSR count). The van der Waals surface area contributed by atoms with Gasteiger partial charge in [0.05, 0.1) is 18.2 Å². The number of nitrogens with one attached hydrogen (secondary N) is 1. The van der Waals surface area contributed by atoms with Crippen molar-refractivity contribution in [3.63, 3.8) is 0 Å². The summed E-state index contributed by atoms with van der Waals surface area (Å²) in [6.45, 7) is 0.966. The Morgan fingerprint density at radius 1 is 1.24 bits per heavy atom. The van der Waals surface area contributed by atoms with Crippen LogP contribution in [0.1, 0.15) is 34.3 Å². The molecule has 1 fully saturated rings. The van der Waals surface area contributed by atoms with Crippen molar-refractivity contribution in [2.24, 2.45) is 5.41 Å². The van der Waals surface area contributed by atoms with Crippen molar-refractivity contribution in [1.29, 1.82) is 5.26 Å². The molecule has 1 aliphatic rings. The number of carbonyl (C=O) groups excluding carboxylic acids is 1. The van der Waals surface area contributed by atoms with Gasteiger partial charge in [-0.1, -0.05) is 12.1 Å². The predicted octanol–water partition coefficient (Wildman–Crippen LogP) is 2.64. The number of hydrogen-bond donors (Lipinski definition) is 2. The minimum atomic E-state index is -0.139. The summed E-state index contributed by atoms with van der Waals surface area (Å²) in [6, 6.07) is 16.3. The lowest BCUT2D eigenvalue weighted by atomic mass is 10.1. The Morgan fingerprint density at radius 3 is 2.64 bits per heavy atom. The highest BCUT2D eigenvalue weighted by Crippen LogP contribution is 2.44. The summed E-state index contributed by atoms with van der Waals surface area (Å²) in [6.07, 6.45) is 1.92. The lowest BCUT2D eigenvalue weighted by Gasteiger charge is -2.13. The van der Waals surface area contributed by atoms with Gasteiger partial charge in [0, 0.05) is 17.5 Å². The number of carbonyl (C=O) groups is 1. The van der Waals surface area contributed by atoms with Crippen molar-refractivity contribution in [2.75, 3.05) is 13.2 Å². The summed E-state index contributed by atoms with van der Waals surface area (Å²) in [5.41, 5.74) is 1.95. The lowest BCUT2D eigenvalue weighted by molar-refractivity contribution is 0.0935. The van der Waals surface area contributed by atoms with Gasteiger partial charge in [0.25, 0.3) is 5.91 Å². The monoisotopic (exact) mass is 336 g/mol. The van der Waals surface area contributed by atoms with E-state index in [0.29, 0.717) is 30.0 Å². The molecule has 0 spiro atoms. The number of nitrogens with zero attached hydrogens (tertiary/aromatic N) is 1. The van der Waals surface area contributed by atoms with Crippen molar-refractivity contribution in [2.45, 2.75) is 19.4 Å². The van der Waals surface area contributed by atoms with Crippen LogP contribution in [0.2, 0.25) is 0 Å². The predicted molar refractivity (Wildman–Crippen MR) is 93.0 cm³/mol. The number of amides is 1. The third-order valence-corrected chi connectivity index (χ3v) is 4.49. The van der Waals surface area contributed by atoms with E-state index in [1.165, 1.54) is 0 Å². The van der Waals surface area contributed by atoms with Crippen LogP contribution in [0.25, 0.3) is 0 Å². The second-order valence-corrected chi connectivity index (χ2v) is 6.47. The molecule has 0 aromatic heterocycles. The van der Waals surface area contributed by atoms with Gasteiger partial charge in [-0.25, -0.2) is 0 Å². The topological polar surface area (TPSA) is 82.3 Å². The fourth-order valence-electron chi connectivity index (χ4n) is 2.53. The molecule has 5 heteroatoms. The normalized spacial score (nSPS) is 14.4. The quantitative estimate of drug-likeness (QED) is 0.814. The minimum Gasteiger partial charge on any atom is -0.489 e. The number of nitriles is 1. The molecule has 25 heavy (non-hydrogen) atoms. The highest BCUT2D eigenvalue weighted by atomic mass is 16.5. The Bertz CT molecular complexity index is 789. The summed E-state index contributed by atoms with van der Waals surface area (Å²) >= 11 is 0. The van der Waals surface area contributed by atoms with Gasteiger partial charge in [-0.2, -0.15) is 5.26 Å². The SMILES string of the molecule is N#Cc1ccc(OCc2cccc(C(=O)NCC3(CO)CC3)c2)cc1. The largest absolute Gasteiger partial charge is 0.489 e. The first-order valence-corrected chi connectivity index (χ1v) is 8.25. The number of benzene rings is 2. The maximum absolute atomic E-state index is 12.3. The Morgan fingerprint density at radius 2 is 2.00 bits per heavy atom. The molecule has 0 radical (unpaired) electrons. The molecule has 1 amide bonds. The molecule has 2 aromatic carbocycles. The Hall–Kier alpha value is -2.84. The molecular weight excluding hydrogens is 316 g/mol. The van der Waals surface area contributed by atoms with Crippen molar-refractivity contribution in [1.82, 2.24) is 5.32 Å². The highest BCUT2D eigenvalue weighted by molar-refractivity contribution is 5.94. The van der Waals surface area contributed by atoms with Crippen molar-refractivity contribution in [3.8, 4) is 11.8 Å². The molecule has 5 nitrogen and oxygen atoms in total. The van der Waals surface area contributed by atoms with Crippen molar-refractivity contribution >= 4 is 5.91 Å². The van der Waals surface area contributed by atoms with Gasteiger partial charge in [-0.3, -0.25) is 4.79 Å². The van der Waals surface area contributed by atoms with E-state index in [1.807, 2.05) is 12.1 Å². The number of aliphatic hydroxyl groups is 1. The molecule has 2 N–H and O–H groups in total. The third-order valence-electron chi connectivity index (χ3n) is 4.49. The minimum absolute atomic E-state index is 0.105. The standard InChI is InChI=1S/C20H20N2O3/c21-11-15-4-6-18(7-5-15)25-12-16-2-1-3-17(10-16)19(24)22-13-20(14-23)8-9-20/h1-7,10,23H,8-9,12-14H2,(H,22,24). The van der Waals surface area contributed by atoms with E-state index in [-0.39, 0.29) is 17.9 Å². The first-order chi connectivity index (χ1) is 12.1. The van der Waals surface area contributed by atoms with E-state index in [2.05, 4.69) is 11.4 Å². The number of ether oxygens (including phenoxy) is 1. The highest BCUT2D eigenvalue weighted by Gasteiger charge is 2.42. The number of aliphatic hydroxyl groups excluding tert-OH is 1. The zero-order valence-electron chi connectivity index (χ0n) is 13.9. The maximum Gasteiger partial charge on any atom is 0.251 e. The van der Waals surface area contributed by atoms with Gasteiger partial charge in [-0.15, -0.1) is 0 Å². The second-order valence-electron chi connectivity index (χ2n) is 6.47. The van der Waals surface area contributed by atoms with E-state index in [9.17, 15) is 9.90 Å². The van der Waals surface area contributed by atoms with Crippen LogP contribution >= 0.6 is 0 Å². The van der Waals surface area contributed by atoms with Gasteiger partial charge in [0.15, 0.2) is 0 Å². The summed E-state index contributed by atoms with van der Waals surface area (Å²) in [7, 11) is 0. The molecule has 0 saturated heterocycles. The van der Waals surface area contributed by atoms with Crippen LogP contribution in [0.3, 0.4) is 0 Å². The average molecular weight is 336 g/mol. The third kappa shape index (κ3) is 4.37. The van der Waals surface area contributed by atoms with Crippen LogP contribution in [0.4, 0.5) is 0 Å². The zero-order valence-corrected chi connectivity index (χ0v) is 13.9. The summed E-state index contributed by atoms with van der Waals surface area (Å²) < 4.78 is 5.69. The Balaban J connectivity index is 1.57. The fraction of sp³-hybridized carbons (Fsp3) is 0.300. The van der Waals surface area contributed by atoms with Crippen LogP contribution in [0, 0.1) is 16.7 Å². The lowest BCUT2D eigenvalue weighted by Crippen LogP contribution is -2.31. The number of rotatable bonds is 7. The van der Waals surface area contributed by atoms with Crippen LogP contribution in [-0.2, 0) is 6.61 Å². The zero-order chi connectivity index (χ0) is 17.7. The molecular formula is C20H20N2O3. The molecule has 0 heterocycles. The average Bonchev–Trinajstić information content (AvgIpc) is 3.45. The van der Waals surface area contributed by atoms with Gasteiger partial charge >= 0.3 is 0 Å². The Labute approximate surface area is 146 Å². The fourth-order valence-corrected chi connectivity index (χ4v) is 2.53. The van der Waals surface area contributed by atoms with Crippen LogP contribution in [0.5, 0.6) is 5.75 Å². The van der Waals surface area contributed by atoms with Gasteiger partial charge in [0.1, 0.15) is 12.4 Å². The second kappa shape index (κ2) is 7.37. The molecule has 0 atom stereocenters. The molecule has 0 bridgehead atoms. The van der Waals surface area contributed by atoms with E-state index in [1.54, 1.807) is 36.4 Å². The number of hydrogen-bond acceptors (Lipinski definition) is 4. The van der Waals surface area contributed by atoms with E-state index in [0.717, 1.165) is 18.4 Å². The molecule has 128 valence electrons. The Kier molecular flexibility index (Phi) is 5.01. The summed E-state index contributed by atoms with van der Waals surface area (Å²) in [4.78, 5) is 12.3. The van der Waals surface area contributed by atoms with Crippen LogP contribution in [0.15, 0.2) is 48.5 Å². The first kappa shape index (κ1) is 17.0. The smallest absolute Gasteiger partial charge is 0.251 e. The van der Waals surface area contributed by atoms with Gasteiger partial charge < -0.3 is 15.2 Å². The van der Waals surface area contributed by atoms with Crippen LogP contribution < -0.4 is 10.1 Å². The summed E-state index contributed by atoms with van der Waals surface area (Å²) in [5, 5.41) is 21.0. The molecule has 0 aliphatic heterocycles. The molecule has 1 saturated carbocycles. The summed E-state index contributed by atoms with van der Waals surface area (Å²) in [5.74, 6) is 0.535. The van der Waals surface area contributed by atoms with Crippen molar-refractivity contribution < 1.29 is 14.6 Å². The van der Waals surface area contributed by atoms with E-state index < -0.39 is 0 Å². The van der Waals surface area contributed by atoms with Gasteiger partial charge in [-0.05, 0) is 54.8 Å². The van der Waals surface area contributed by atoms with Crippen LogP contribution in [-0.4, -0.2) is 24.2 Å². The van der Waals surface area contributed by atoms with Gasteiger partial charge in [0.2, 0.25) is 0 Å². The van der Waals surface area contributed by atoms with E-state index in [4.69, 9.17) is 10.00 Å². The molecule has 2 aromatic rings. The van der Waals surface area contributed by atoms with E-state index >= 15 is 0 Å². The maximum atomic E-state index is 12.3. The molecule has 1 aliphatic carbocycles. The first-order valence-electron chi connectivity index (χ1n) is 8.25. The molecule has 0 unspecified atom stereocenters. The van der Waals surface area contributed by atoms with Crippen molar-refractivity contribution in [3.05, 3.63) is 65.2 Å².